The molecule has 0 amide bonds. The molecule has 0 atom stereocenters. The highest BCUT2D eigenvalue weighted by Gasteiger charge is 2.43. The first-order valence-electron chi connectivity index (χ1n) is 9.95. The topological polar surface area (TPSA) is 62.3 Å². The number of oxazole rings is 1. The van der Waals surface area contributed by atoms with Crippen molar-refractivity contribution >= 4 is 15.9 Å². The highest BCUT2D eigenvalue weighted by atomic mass is 79.9. The van der Waals surface area contributed by atoms with Gasteiger partial charge in [0.15, 0.2) is 23.1 Å². The Kier molecular flexibility index (Phi) is 4.81. The fourth-order valence-corrected chi connectivity index (χ4v) is 4.14. The van der Waals surface area contributed by atoms with Gasteiger partial charge in [0.05, 0.1) is 11.4 Å². The van der Waals surface area contributed by atoms with Gasteiger partial charge in [0.1, 0.15) is 5.69 Å². The van der Waals surface area contributed by atoms with Crippen LogP contribution >= 0.6 is 15.9 Å². The summed E-state index contributed by atoms with van der Waals surface area (Å²) in [5.74, 6) is 0.812. The lowest BCUT2D eigenvalue weighted by molar-refractivity contribution is -0.286. The SMILES string of the molecule is CCc1cc(-c2ccc(Br)cc2-c2nc(C)oc2-c2ccc3c(c2)OC(F)(F)O3)n(C)n1. The molecule has 0 spiro atoms. The van der Waals surface area contributed by atoms with Gasteiger partial charge >= 0.3 is 6.29 Å². The average molecular weight is 502 g/mol. The summed E-state index contributed by atoms with van der Waals surface area (Å²) in [5.41, 5.74) is 4.78. The fourth-order valence-electron chi connectivity index (χ4n) is 3.78. The van der Waals surface area contributed by atoms with Gasteiger partial charge in [-0.25, -0.2) is 4.98 Å². The zero-order chi connectivity index (χ0) is 22.6. The standard InChI is InChI=1S/C23H18BrF2N3O3/c1-4-15-11-18(29(3)28-15)16-7-6-14(24)10-17(16)21-22(30-12(2)27-21)13-5-8-19-20(9-13)32-23(25,26)31-19/h5-11H,4H2,1-3H3. The van der Waals surface area contributed by atoms with Crippen LogP contribution in [0.15, 0.2) is 51.4 Å². The molecule has 0 N–H and O–H groups in total. The van der Waals surface area contributed by atoms with E-state index in [0.29, 0.717) is 22.9 Å². The number of fused-ring (bicyclic) bond motifs is 1. The Morgan fingerprint density at radius 3 is 2.56 bits per heavy atom. The smallest absolute Gasteiger partial charge is 0.440 e. The molecule has 1 aliphatic rings. The van der Waals surface area contributed by atoms with Crippen molar-refractivity contribution in [3.63, 3.8) is 0 Å². The Bertz CT molecular complexity index is 1350. The third-order valence-electron chi connectivity index (χ3n) is 5.20. The molecule has 3 heterocycles. The minimum absolute atomic E-state index is 0.0262. The van der Waals surface area contributed by atoms with E-state index in [0.717, 1.165) is 33.4 Å². The molecular weight excluding hydrogens is 484 g/mol. The Labute approximate surface area is 190 Å². The third-order valence-corrected chi connectivity index (χ3v) is 5.70. The summed E-state index contributed by atoms with van der Waals surface area (Å²) in [4.78, 5) is 4.63. The maximum atomic E-state index is 13.5. The van der Waals surface area contributed by atoms with E-state index in [-0.39, 0.29) is 11.5 Å². The van der Waals surface area contributed by atoms with E-state index in [1.165, 1.54) is 12.1 Å². The number of rotatable bonds is 4. The molecule has 0 unspecified atom stereocenters. The van der Waals surface area contributed by atoms with E-state index in [9.17, 15) is 8.78 Å². The van der Waals surface area contributed by atoms with Crippen LogP contribution in [-0.4, -0.2) is 21.1 Å². The minimum atomic E-state index is -3.69. The van der Waals surface area contributed by atoms with Crippen molar-refractivity contribution in [3.05, 3.63) is 58.5 Å². The molecule has 0 saturated carbocycles. The van der Waals surface area contributed by atoms with Crippen LogP contribution in [0.25, 0.3) is 33.8 Å². The largest absolute Gasteiger partial charge is 0.586 e. The molecule has 0 bridgehead atoms. The third kappa shape index (κ3) is 3.56. The molecular formula is C23H18BrF2N3O3. The van der Waals surface area contributed by atoms with Crippen LogP contribution in [-0.2, 0) is 13.5 Å². The van der Waals surface area contributed by atoms with Crippen LogP contribution in [0.5, 0.6) is 11.5 Å². The molecule has 2 aromatic heterocycles. The maximum absolute atomic E-state index is 13.5. The highest BCUT2D eigenvalue weighted by Crippen LogP contribution is 2.45. The molecule has 0 radical (unpaired) electrons. The number of alkyl halides is 2. The van der Waals surface area contributed by atoms with Gasteiger partial charge in [-0.3, -0.25) is 4.68 Å². The second-order valence-electron chi connectivity index (χ2n) is 7.43. The molecule has 5 rings (SSSR count). The average Bonchev–Trinajstić information content (AvgIpc) is 3.40. The van der Waals surface area contributed by atoms with Crippen LogP contribution in [0.2, 0.25) is 0 Å². The Balaban J connectivity index is 1.67. The number of halogens is 3. The van der Waals surface area contributed by atoms with E-state index in [2.05, 4.69) is 42.4 Å². The zero-order valence-corrected chi connectivity index (χ0v) is 19.0. The molecule has 1 aliphatic heterocycles. The van der Waals surface area contributed by atoms with E-state index in [1.807, 2.05) is 36.0 Å². The van der Waals surface area contributed by atoms with E-state index in [4.69, 9.17) is 4.42 Å². The number of nitrogens with zero attached hydrogens (tertiary/aromatic N) is 3. The van der Waals surface area contributed by atoms with E-state index < -0.39 is 6.29 Å². The maximum Gasteiger partial charge on any atom is 0.586 e. The van der Waals surface area contributed by atoms with Gasteiger partial charge in [-0.1, -0.05) is 28.9 Å². The van der Waals surface area contributed by atoms with Crippen molar-refractivity contribution in [1.29, 1.82) is 0 Å². The second kappa shape index (κ2) is 7.44. The van der Waals surface area contributed by atoms with Crippen LogP contribution < -0.4 is 9.47 Å². The van der Waals surface area contributed by atoms with Crippen LogP contribution in [0.4, 0.5) is 8.78 Å². The molecule has 4 aromatic rings. The van der Waals surface area contributed by atoms with E-state index in [1.54, 1.807) is 13.0 Å². The molecule has 0 saturated heterocycles. The van der Waals surface area contributed by atoms with Crippen molar-refractivity contribution in [2.45, 2.75) is 26.6 Å². The summed E-state index contributed by atoms with van der Waals surface area (Å²) in [6.45, 7) is 3.79. The number of benzene rings is 2. The predicted molar refractivity (Wildman–Crippen MR) is 118 cm³/mol. The summed E-state index contributed by atoms with van der Waals surface area (Å²) in [6, 6.07) is 12.5. The predicted octanol–water partition coefficient (Wildman–Crippen LogP) is 6.36. The van der Waals surface area contributed by atoms with Gasteiger partial charge in [0, 0.05) is 35.1 Å². The number of ether oxygens (including phenoxy) is 2. The quantitative estimate of drug-likeness (QED) is 0.325. The van der Waals surface area contributed by atoms with Gasteiger partial charge in [-0.2, -0.15) is 5.10 Å². The van der Waals surface area contributed by atoms with Crippen LogP contribution in [0, 0.1) is 6.92 Å². The summed E-state index contributed by atoms with van der Waals surface area (Å²) in [6.07, 6.45) is -2.87. The Hall–Kier alpha value is -3.20. The van der Waals surface area contributed by atoms with Crippen molar-refractivity contribution < 1.29 is 22.7 Å². The molecule has 164 valence electrons. The lowest BCUT2D eigenvalue weighted by atomic mass is 9.98. The molecule has 6 nitrogen and oxygen atoms in total. The number of hydrogen-bond donors (Lipinski definition) is 0. The Morgan fingerprint density at radius 1 is 1.03 bits per heavy atom. The highest BCUT2D eigenvalue weighted by molar-refractivity contribution is 9.10. The first-order valence-corrected chi connectivity index (χ1v) is 10.7. The first-order chi connectivity index (χ1) is 15.2. The second-order valence-corrected chi connectivity index (χ2v) is 8.34. The van der Waals surface area contributed by atoms with Crippen molar-refractivity contribution in [3.8, 4) is 45.3 Å². The monoisotopic (exact) mass is 501 g/mol. The summed E-state index contributed by atoms with van der Waals surface area (Å²) in [5, 5.41) is 4.56. The van der Waals surface area contributed by atoms with Crippen LogP contribution in [0.1, 0.15) is 18.5 Å². The number of aryl methyl sites for hydroxylation is 3. The van der Waals surface area contributed by atoms with E-state index >= 15 is 0 Å². The summed E-state index contributed by atoms with van der Waals surface area (Å²) >= 11 is 3.54. The molecule has 0 fully saturated rings. The van der Waals surface area contributed by atoms with Crippen molar-refractivity contribution in [1.82, 2.24) is 14.8 Å². The molecule has 2 aromatic carbocycles. The van der Waals surface area contributed by atoms with Crippen LogP contribution in [0.3, 0.4) is 0 Å². The molecule has 0 aliphatic carbocycles. The number of aromatic nitrogens is 3. The zero-order valence-electron chi connectivity index (χ0n) is 17.4. The molecule has 9 heteroatoms. The molecule has 32 heavy (non-hydrogen) atoms. The lowest BCUT2D eigenvalue weighted by Gasteiger charge is -2.10. The summed E-state index contributed by atoms with van der Waals surface area (Å²) < 4.78 is 44.7. The summed E-state index contributed by atoms with van der Waals surface area (Å²) in [7, 11) is 1.90. The first kappa shape index (κ1) is 20.7. The van der Waals surface area contributed by atoms with Crippen molar-refractivity contribution in [2.75, 3.05) is 0 Å². The van der Waals surface area contributed by atoms with Gasteiger partial charge in [-0.05, 0) is 42.8 Å². The van der Waals surface area contributed by atoms with Gasteiger partial charge in [0.2, 0.25) is 0 Å². The van der Waals surface area contributed by atoms with Gasteiger partial charge in [-0.15, -0.1) is 8.78 Å². The minimum Gasteiger partial charge on any atom is -0.440 e. The normalized spacial score (nSPS) is 14.2. The fraction of sp³-hybridized carbons (Fsp3) is 0.217. The van der Waals surface area contributed by atoms with Gasteiger partial charge < -0.3 is 13.9 Å². The lowest BCUT2D eigenvalue weighted by Crippen LogP contribution is -2.25. The van der Waals surface area contributed by atoms with Gasteiger partial charge in [0.25, 0.3) is 0 Å². The van der Waals surface area contributed by atoms with Crippen molar-refractivity contribution in [2.24, 2.45) is 7.05 Å². The Morgan fingerprint density at radius 2 is 1.81 bits per heavy atom. The number of hydrogen-bond acceptors (Lipinski definition) is 5.